The minimum Gasteiger partial charge on any atom is -0.207 e. The molecule has 1 fully saturated rings. The van der Waals surface area contributed by atoms with E-state index in [0.29, 0.717) is 5.92 Å². The zero-order chi connectivity index (χ0) is 19.9. The van der Waals surface area contributed by atoms with Gasteiger partial charge in [0.25, 0.3) is 0 Å². The lowest BCUT2D eigenvalue weighted by Gasteiger charge is -2.28. The lowest BCUT2D eigenvalue weighted by Crippen LogP contribution is -2.13. The van der Waals surface area contributed by atoms with Crippen LogP contribution in [0, 0.1) is 11.7 Å². The summed E-state index contributed by atoms with van der Waals surface area (Å²) in [5, 5.41) is 0. The van der Waals surface area contributed by atoms with Crippen LogP contribution in [0.15, 0.2) is 60.7 Å². The van der Waals surface area contributed by atoms with E-state index in [-0.39, 0.29) is 11.1 Å². The lowest BCUT2D eigenvalue weighted by molar-refractivity contribution is 0.312. The smallest absolute Gasteiger partial charge is 0.166 e. The van der Waals surface area contributed by atoms with Gasteiger partial charge >= 0.3 is 0 Å². The maximum absolute atomic E-state index is 14.5. The maximum atomic E-state index is 14.5. The summed E-state index contributed by atoms with van der Waals surface area (Å²) in [5.74, 6) is -1.05. The fourth-order valence-corrected chi connectivity index (χ4v) is 4.03. The van der Waals surface area contributed by atoms with Crippen molar-refractivity contribution in [1.82, 2.24) is 0 Å². The van der Waals surface area contributed by atoms with Crippen LogP contribution in [-0.4, -0.2) is 0 Å². The van der Waals surface area contributed by atoms with Crippen molar-refractivity contribution in [3.05, 3.63) is 83.2 Å². The monoisotopic (exact) mass is 384 g/mol. The van der Waals surface area contributed by atoms with Crippen molar-refractivity contribution in [3.63, 3.8) is 0 Å². The van der Waals surface area contributed by atoms with Gasteiger partial charge in [0, 0.05) is 11.1 Å². The van der Waals surface area contributed by atoms with Crippen LogP contribution in [0.25, 0.3) is 11.7 Å². The molecule has 0 heterocycles. The van der Waals surface area contributed by atoms with Crippen LogP contribution < -0.4 is 0 Å². The normalized spacial score (nSPS) is 21.0. The Labute approximate surface area is 165 Å². The van der Waals surface area contributed by atoms with Crippen LogP contribution in [-0.2, 0) is 0 Å². The van der Waals surface area contributed by atoms with E-state index in [0.717, 1.165) is 37.3 Å². The van der Waals surface area contributed by atoms with Gasteiger partial charge in [-0.2, -0.15) is 0 Å². The van der Waals surface area contributed by atoms with Crippen molar-refractivity contribution in [2.24, 2.45) is 5.92 Å². The second-order valence-corrected chi connectivity index (χ2v) is 7.62. The SMILES string of the molecule is CC=CCCC1CCC(c2ccc(C(F)=C(F)c3ccc(F)cc3)cc2)CC1. The van der Waals surface area contributed by atoms with Gasteiger partial charge in [-0.3, -0.25) is 0 Å². The summed E-state index contributed by atoms with van der Waals surface area (Å²) in [6.45, 7) is 2.06. The van der Waals surface area contributed by atoms with Gasteiger partial charge in [-0.25, -0.2) is 13.2 Å². The predicted octanol–water partition coefficient (Wildman–Crippen LogP) is 8.22. The predicted molar refractivity (Wildman–Crippen MR) is 111 cm³/mol. The maximum Gasteiger partial charge on any atom is 0.166 e. The zero-order valence-electron chi connectivity index (χ0n) is 16.3. The molecule has 0 amide bonds. The quantitative estimate of drug-likeness (QED) is 0.348. The Morgan fingerprint density at radius 1 is 0.857 bits per heavy atom. The van der Waals surface area contributed by atoms with Crippen LogP contribution >= 0.6 is 0 Å². The fourth-order valence-electron chi connectivity index (χ4n) is 4.03. The minimum atomic E-state index is -0.964. The molecule has 0 spiro atoms. The van der Waals surface area contributed by atoms with Gasteiger partial charge in [0.1, 0.15) is 5.82 Å². The zero-order valence-corrected chi connectivity index (χ0v) is 16.3. The Kier molecular flexibility index (Phi) is 7.13. The Hall–Kier alpha value is -2.29. The number of allylic oxidation sites excluding steroid dienone is 2. The van der Waals surface area contributed by atoms with E-state index in [1.54, 1.807) is 12.1 Å². The first-order valence-electron chi connectivity index (χ1n) is 10.1. The molecule has 3 rings (SSSR count). The third kappa shape index (κ3) is 5.15. The number of hydrogen-bond donors (Lipinski definition) is 0. The average molecular weight is 384 g/mol. The highest BCUT2D eigenvalue weighted by Gasteiger charge is 2.22. The van der Waals surface area contributed by atoms with Crippen LogP contribution in [0.4, 0.5) is 13.2 Å². The van der Waals surface area contributed by atoms with Crippen molar-refractivity contribution in [2.45, 2.75) is 51.4 Å². The summed E-state index contributed by atoms with van der Waals surface area (Å²) in [6.07, 6.45) is 11.5. The van der Waals surface area contributed by atoms with Gasteiger partial charge in [0.15, 0.2) is 11.7 Å². The second-order valence-electron chi connectivity index (χ2n) is 7.62. The first-order chi connectivity index (χ1) is 13.6. The highest BCUT2D eigenvalue weighted by molar-refractivity contribution is 5.83. The van der Waals surface area contributed by atoms with Crippen molar-refractivity contribution in [2.75, 3.05) is 0 Å². The summed E-state index contributed by atoms with van der Waals surface area (Å²) in [6, 6.07) is 11.9. The van der Waals surface area contributed by atoms with E-state index >= 15 is 0 Å². The van der Waals surface area contributed by atoms with Crippen molar-refractivity contribution >= 4 is 11.7 Å². The number of rotatable bonds is 6. The highest BCUT2D eigenvalue weighted by atomic mass is 19.2. The van der Waals surface area contributed by atoms with Gasteiger partial charge in [-0.05, 0) is 87.1 Å². The number of hydrogen-bond acceptors (Lipinski definition) is 0. The molecular formula is C25H27F3. The molecule has 0 N–H and O–H groups in total. The van der Waals surface area contributed by atoms with Crippen LogP contribution in [0.2, 0.25) is 0 Å². The minimum absolute atomic E-state index is 0.0409. The molecule has 3 heteroatoms. The van der Waals surface area contributed by atoms with Crippen molar-refractivity contribution in [3.8, 4) is 0 Å². The third-order valence-electron chi connectivity index (χ3n) is 5.75. The van der Waals surface area contributed by atoms with E-state index in [1.165, 1.54) is 37.0 Å². The molecule has 0 saturated heterocycles. The molecule has 0 unspecified atom stereocenters. The topological polar surface area (TPSA) is 0 Å². The molecule has 0 nitrogen and oxygen atoms in total. The molecule has 1 saturated carbocycles. The van der Waals surface area contributed by atoms with Gasteiger partial charge in [-0.15, -0.1) is 0 Å². The first-order valence-corrected chi connectivity index (χ1v) is 10.1. The molecular weight excluding hydrogens is 357 g/mol. The Bertz CT molecular complexity index is 808. The Balaban J connectivity index is 1.63. The van der Waals surface area contributed by atoms with Gasteiger partial charge in [0.05, 0.1) is 0 Å². The van der Waals surface area contributed by atoms with E-state index in [9.17, 15) is 13.2 Å². The van der Waals surface area contributed by atoms with Gasteiger partial charge in [-0.1, -0.05) is 36.4 Å². The molecule has 0 aromatic heterocycles. The van der Waals surface area contributed by atoms with Crippen LogP contribution in [0.5, 0.6) is 0 Å². The third-order valence-corrected chi connectivity index (χ3v) is 5.75. The van der Waals surface area contributed by atoms with E-state index in [2.05, 4.69) is 19.1 Å². The summed E-state index contributed by atoms with van der Waals surface area (Å²) >= 11 is 0. The number of benzene rings is 2. The lowest BCUT2D eigenvalue weighted by atomic mass is 9.77. The van der Waals surface area contributed by atoms with Crippen molar-refractivity contribution < 1.29 is 13.2 Å². The molecule has 0 atom stereocenters. The first kappa shape index (κ1) is 20.4. The molecule has 2 aromatic rings. The summed E-state index contributed by atoms with van der Waals surface area (Å²) < 4.78 is 41.8. The van der Waals surface area contributed by atoms with E-state index in [4.69, 9.17) is 0 Å². The average Bonchev–Trinajstić information content (AvgIpc) is 2.74. The van der Waals surface area contributed by atoms with E-state index < -0.39 is 17.5 Å². The van der Waals surface area contributed by atoms with Crippen LogP contribution in [0.1, 0.15) is 68.1 Å². The molecule has 1 aliphatic carbocycles. The molecule has 28 heavy (non-hydrogen) atoms. The second kappa shape index (κ2) is 9.77. The molecule has 0 radical (unpaired) electrons. The van der Waals surface area contributed by atoms with E-state index in [1.807, 2.05) is 12.1 Å². The summed E-state index contributed by atoms with van der Waals surface area (Å²) in [4.78, 5) is 0. The largest absolute Gasteiger partial charge is 0.207 e. The van der Waals surface area contributed by atoms with Gasteiger partial charge in [0.2, 0.25) is 0 Å². The standard InChI is InChI=1S/C25H27F3/c1-2-3-4-5-18-6-8-19(9-7-18)20-10-12-21(13-11-20)24(27)25(28)22-14-16-23(26)17-15-22/h2-3,10-19H,4-9H2,1H3. The summed E-state index contributed by atoms with van der Waals surface area (Å²) in [5.41, 5.74) is 1.45. The van der Waals surface area contributed by atoms with Crippen LogP contribution in [0.3, 0.4) is 0 Å². The molecule has 0 bridgehead atoms. The van der Waals surface area contributed by atoms with Crippen molar-refractivity contribution in [1.29, 1.82) is 0 Å². The molecule has 148 valence electrons. The Morgan fingerprint density at radius 2 is 1.39 bits per heavy atom. The Morgan fingerprint density at radius 3 is 1.93 bits per heavy atom. The molecule has 2 aromatic carbocycles. The summed E-state index contributed by atoms with van der Waals surface area (Å²) in [7, 11) is 0. The fraction of sp³-hybridized carbons (Fsp3) is 0.360. The highest BCUT2D eigenvalue weighted by Crippen LogP contribution is 2.38. The molecule has 0 aliphatic heterocycles. The molecule has 1 aliphatic rings. The van der Waals surface area contributed by atoms with Gasteiger partial charge < -0.3 is 0 Å². The number of halogens is 3.